The van der Waals surface area contributed by atoms with Crippen molar-refractivity contribution in [3.05, 3.63) is 379 Å². The maximum atomic E-state index is 15.2. The molecule has 2 aliphatic heterocycles. The standard InChI is InChI=1S/C50H44Cl2N4O4.C35H32FN3O7.C35H43NO5.CO2/c1-3-44(37-7-5-4-6-8-37)56-30-40-28-47-45(55(2)50(58)48(60-47)38-18-20-41(21-19-38)59-31-34-13-22-42(51)43(52)25-34)26-39(40)27-46(56)49(57)54-24-23-32-9-14-35(15-10-32)36-16-11-33(29-53)12-17-36;1-20-5-8-22(9-6-20)29-15-16-30(44-29)28(40)19-24(33(41)42)17-21-7-14-26(27(36)18-21)31-38-32(46-39-31)23-10-12-25(13-11-23)37-34(43)45-35(2,3)4;1-6-7-8-9-10-23-40-30-21-15-28(16-22-30)34(39)41-31-19-11-26(12-20-31)24-32(25(2)37)36-33(38)27-13-17-29(18-14-27)35(3,4)5;2-1-3/h4-22,25-26,28,44,46,48H,3,23-24,27,30-31H2,1-2H3,(H,54,57);5-16,18,24H,17,19H2,1-4H3,(H,37,43)(H,41,42);11-22,32H,6-10,23-24H2,1-5H3,(H,36,38);/t44-,46-,48-;;32-;/m0.0./s1. The monoisotopic (exact) mass is 2060 g/mol. The number of likely N-dealkylation sites (N-methyl/N-ethyl adjacent to an activating group) is 1. The van der Waals surface area contributed by atoms with E-state index in [1.165, 1.54) is 44.4 Å². The summed E-state index contributed by atoms with van der Waals surface area (Å²) < 4.78 is 55.3. The average Bonchev–Trinajstić information content (AvgIpc) is 1.27. The molecule has 2 aliphatic rings. The van der Waals surface area contributed by atoms with Gasteiger partial charge in [-0.15, -0.1) is 0 Å². The molecule has 4 amide bonds. The van der Waals surface area contributed by atoms with E-state index in [1.54, 1.807) is 142 Å². The number of amides is 4. The molecule has 0 aliphatic carbocycles. The molecular formula is C121H119Cl2FN8O18. The van der Waals surface area contributed by atoms with Crippen molar-refractivity contribution in [1.82, 2.24) is 25.7 Å². The fourth-order valence-electron chi connectivity index (χ4n) is 17.1. The van der Waals surface area contributed by atoms with E-state index in [2.05, 4.69) is 114 Å². The number of halogens is 3. The van der Waals surface area contributed by atoms with Crippen LogP contribution in [0.3, 0.4) is 0 Å². The third-order valence-corrected chi connectivity index (χ3v) is 26.2. The maximum absolute atomic E-state index is 15.2. The van der Waals surface area contributed by atoms with E-state index in [-0.39, 0.29) is 77.0 Å². The van der Waals surface area contributed by atoms with Gasteiger partial charge in [0.05, 0.1) is 63.1 Å². The Morgan fingerprint density at radius 3 is 1.89 bits per heavy atom. The average molecular weight is 2060 g/mol. The number of nitriles is 1. The van der Waals surface area contributed by atoms with Gasteiger partial charge in [0.15, 0.2) is 17.3 Å². The number of aromatic nitrogens is 2. The van der Waals surface area contributed by atoms with E-state index in [4.69, 9.17) is 70.7 Å². The largest absolute Gasteiger partial charge is 0.494 e. The molecule has 0 bridgehead atoms. The van der Waals surface area contributed by atoms with Gasteiger partial charge in [0.2, 0.25) is 17.8 Å². The predicted octanol–water partition coefficient (Wildman–Crippen LogP) is 25.3. The normalized spacial score (nSPS) is 13.6. The van der Waals surface area contributed by atoms with E-state index < -0.39 is 59.3 Å². The minimum atomic E-state index is -1.18. The predicted molar refractivity (Wildman–Crippen MR) is 572 cm³/mol. The molecule has 1 unspecified atom stereocenters. The first kappa shape index (κ1) is 111. The van der Waals surface area contributed by atoms with Crippen molar-refractivity contribution in [2.75, 3.05) is 30.4 Å². The Balaban J connectivity index is 0.000000189. The van der Waals surface area contributed by atoms with Crippen LogP contribution in [0.15, 0.2) is 294 Å². The minimum Gasteiger partial charge on any atom is -0.494 e. The van der Waals surface area contributed by atoms with Crippen LogP contribution >= 0.6 is 23.2 Å². The summed E-state index contributed by atoms with van der Waals surface area (Å²) in [5.41, 5.74) is 15.1. The first-order chi connectivity index (χ1) is 72.0. The molecule has 150 heavy (non-hydrogen) atoms. The molecule has 26 nitrogen and oxygen atoms in total. The summed E-state index contributed by atoms with van der Waals surface area (Å²) in [6.07, 6.45) is 6.64. The second-order valence-corrected chi connectivity index (χ2v) is 39.5. The molecule has 5 atom stereocenters. The SMILES string of the molecule is CCCCCCCOc1ccc(C(=O)Oc2ccc(C[C@H](NC(=O)c3ccc(C(C)(C)C)cc3)C(C)=O)cc2)cc1.CC[C@@H](c1ccccc1)N1Cc2cc3c(cc2C[C@H]1C(=O)NCCc1ccc(-c2ccc(C#N)cc2)cc1)N(C)C(=O)[C@H](c1ccc(OCc2ccc(Cl)c(Cl)c2)cc1)O3.Cc1ccc(-c2ccc(C(=O)CC(Cc3ccc(-c4noc(-c5ccc(NC(=O)OC(C)(C)C)cc5)n4)c(F)c3)C(=O)O)o2)cc1.O=C=O. The highest BCUT2D eigenvalue weighted by Gasteiger charge is 2.40. The number of Topliss-reactive ketones (excluding diaryl/α,β-unsaturated/α-hetero) is 2. The third kappa shape index (κ3) is 31.0. The summed E-state index contributed by atoms with van der Waals surface area (Å²) in [7, 11) is 1.77. The molecule has 772 valence electrons. The number of ether oxygens (including phenoxy) is 5. The lowest BCUT2D eigenvalue weighted by Gasteiger charge is -2.42. The van der Waals surface area contributed by atoms with Crippen LogP contribution in [0.1, 0.15) is 212 Å². The van der Waals surface area contributed by atoms with Crippen molar-refractivity contribution in [3.63, 3.8) is 0 Å². The number of ketones is 2. The fraction of sp³-hybridized carbons (Fsp3) is 0.273. The Morgan fingerprint density at radius 1 is 0.640 bits per heavy atom. The van der Waals surface area contributed by atoms with Gasteiger partial charge in [-0.25, -0.2) is 14.0 Å². The van der Waals surface area contributed by atoms with E-state index in [0.29, 0.717) is 123 Å². The zero-order valence-corrected chi connectivity index (χ0v) is 86.9. The van der Waals surface area contributed by atoms with Crippen LogP contribution in [0.4, 0.5) is 20.6 Å². The number of nitrogens with one attached hydrogen (secondary N) is 3. The van der Waals surface area contributed by atoms with Crippen molar-refractivity contribution in [3.8, 4) is 74.4 Å². The maximum Gasteiger partial charge on any atom is 0.412 e. The number of benzene rings is 12. The van der Waals surface area contributed by atoms with Gasteiger partial charge in [-0.3, -0.25) is 39.0 Å². The number of esters is 1. The second-order valence-electron chi connectivity index (χ2n) is 38.7. The number of nitrogens with zero attached hydrogens (tertiary/aromatic N) is 5. The van der Waals surface area contributed by atoms with Crippen molar-refractivity contribution in [1.29, 1.82) is 5.26 Å². The van der Waals surface area contributed by atoms with Crippen LogP contribution in [-0.2, 0) is 77.8 Å². The summed E-state index contributed by atoms with van der Waals surface area (Å²) in [6.45, 7) is 21.4. The highest BCUT2D eigenvalue weighted by molar-refractivity contribution is 6.42. The Hall–Kier alpha value is -16.2. The quantitative estimate of drug-likeness (QED) is 0.0123. The molecule has 2 aromatic heterocycles. The molecule has 12 aromatic carbocycles. The van der Waals surface area contributed by atoms with Gasteiger partial charge in [-0.05, 0) is 280 Å². The molecule has 16 rings (SSSR count). The number of carbonyl (C=O) groups is 8. The molecule has 0 spiro atoms. The molecule has 0 saturated heterocycles. The molecule has 0 fully saturated rings. The number of fused-ring (bicyclic) bond motifs is 2. The molecule has 4 N–H and O–H groups in total. The van der Waals surface area contributed by atoms with Gasteiger partial charge in [-0.2, -0.15) is 19.8 Å². The summed E-state index contributed by atoms with van der Waals surface area (Å²) in [6, 6.07) is 87.1. The zero-order chi connectivity index (χ0) is 107. The van der Waals surface area contributed by atoms with E-state index >= 15 is 4.39 Å². The van der Waals surface area contributed by atoms with Crippen molar-refractivity contribution < 1.29 is 90.1 Å². The molecular weight excluding hydrogens is 1940 g/mol. The topological polar surface area (TPSA) is 355 Å². The third-order valence-electron chi connectivity index (χ3n) is 25.4. The summed E-state index contributed by atoms with van der Waals surface area (Å²) in [5, 5.41) is 32.5. The first-order valence-corrected chi connectivity index (χ1v) is 50.3. The van der Waals surface area contributed by atoms with Crippen LogP contribution in [0, 0.1) is 30.0 Å². The van der Waals surface area contributed by atoms with Gasteiger partial charge in [0.1, 0.15) is 46.8 Å². The summed E-state index contributed by atoms with van der Waals surface area (Å²) >= 11 is 12.2. The highest BCUT2D eigenvalue weighted by atomic mass is 35.5. The Morgan fingerprint density at radius 2 is 1.26 bits per heavy atom. The first-order valence-electron chi connectivity index (χ1n) is 49.6. The number of anilines is 2. The van der Waals surface area contributed by atoms with Crippen LogP contribution in [0.2, 0.25) is 10.0 Å². The Labute approximate surface area is 881 Å². The smallest absolute Gasteiger partial charge is 0.412 e. The molecule has 0 saturated carbocycles. The molecule has 4 heterocycles. The van der Waals surface area contributed by atoms with Crippen molar-refractivity contribution in [2.45, 2.75) is 188 Å². The second kappa shape index (κ2) is 52.4. The number of unbranched alkanes of at least 4 members (excludes halogenated alkanes) is 4. The zero-order valence-electron chi connectivity index (χ0n) is 85.4. The molecule has 0 radical (unpaired) electrons. The number of carboxylic acid groups (broad SMARTS) is 1. The van der Waals surface area contributed by atoms with Gasteiger partial charge >= 0.3 is 24.2 Å². The number of hydrogen-bond donors (Lipinski definition) is 4. The van der Waals surface area contributed by atoms with E-state index in [9.17, 15) is 43.5 Å². The van der Waals surface area contributed by atoms with E-state index in [1.807, 2.05) is 122 Å². The van der Waals surface area contributed by atoms with E-state index in [0.717, 1.165) is 86.2 Å². The lowest BCUT2D eigenvalue weighted by Crippen LogP contribution is -2.51. The van der Waals surface area contributed by atoms with Crippen molar-refractivity contribution >= 4 is 88.0 Å². The number of carbonyl (C=O) groups excluding carboxylic acids is 9. The number of carboxylic acids is 1. The Bertz CT molecular complexity index is 7100. The number of aryl methyl sites for hydroxylation is 1. The lowest BCUT2D eigenvalue weighted by molar-refractivity contribution is -0.191. The number of hydrogen-bond acceptors (Lipinski definition) is 21. The van der Waals surface area contributed by atoms with Crippen LogP contribution in [0.25, 0.3) is 45.3 Å². The lowest BCUT2D eigenvalue weighted by atomic mass is 9.86. The Kier molecular flexibility index (Phi) is 38.8. The minimum absolute atomic E-state index is 0.00201. The van der Waals surface area contributed by atoms with Gasteiger partial charge in [-0.1, -0.05) is 234 Å². The van der Waals surface area contributed by atoms with Crippen molar-refractivity contribution in [2.24, 2.45) is 5.92 Å². The van der Waals surface area contributed by atoms with Gasteiger partial charge in [0, 0.05) is 60.5 Å². The summed E-state index contributed by atoms with van der Waals surface area (Å²) in [5.74, 6) is -1.41. The fourth-order valence-corrected chi connectivity index (χ4v) is 17.5. The van der Waals surface area contributed by atoms with Crippen LogP contribution < -0.4 is 39.8 Å². The summed E-state index contributed by atoms with van der Waals surface area (Å²) in [4.78, 5) is 127. The van der Waals surface area contributed by atoms with Crippen LogP contribution in [-0.4, -0.2) is 112 Å². The number of rotatable bonds is 36. The van der Waals surface area contributed by atoms with Crippen LogP contribution in [0.5, 0.6) is 23.0 Å². The van der Waals surface area contributed by atoms with Gasteiger partial charge in [0.25, 0.3) is 17.7 Å². The highest BCUT2D eigenvalue weighted by Crippen LogP contribution is 2.45. The van der Waals surface area contributed by atoms with Gasteiger partial charge < -0.3 is 53.3 Å². The number of aliphatic carboxylic acids is 1. The number of furan rings is 1. The molecule has 29 heteroatoms. The molecule has 14 aromatic rings.